The smallest absolute Gasteiger partial charge is 0.127 e. The van der Waals surface area contributed by atoms with E-state index in [1.807, 2.05) is 17.5 Å². The highest BCUT2D eigenvalue weighted by molar-refractivity contribution is 7.09. The molecule has 3 nitrogen and oxygen atoms in total. The first-order valence-corrected chi connectivity index (χ1v) is 7.73. The van der Waals surface area contributed by atoms with E-state index in [0.717, 1.165) is 18.9 Å². The fraction of sp³-hybridized carbons (Fsp3) is 0.400. The van der Waals surface area contributed by atoms with Gasteiger partial charge in [-0.1, -0.05) is 6.07 Å². The molecule has 0 radical (unpaired) electrons. The standard InChI is InChI=1S/C15H19N3S/c1-2-16-15-10-13(7-8-17-15)18(12-5-6-12)11-14-4-3-9-19-14/h3-4,7-10,12H,2,5-6,11H2,1H3,(H,16,17). The SMILES string of the molecule is CCNc1cc(N(Cc2cccs2)C2CC2)ccn1. The molecule has 2 aromatic rings. The summed E-state index contributed by atoms with van der Waals surface area (Å²) in [7, 11) is 0. The van der Waals surface area contributed by atoms with Crippen LogP contribution in [0.4, 0.5) is 11.5 Å². The highest BCUT2D eigenvalue weighted by Gasteiger charge is 2.29. The molecular formula is C15H19N3S. The van der Waals surface area contributed by atoms with Crippen molar-refractivity contribution in [3.63, 3.8) is 0 Å². The Kier molecular flexibility index (Phi) is 3.69. The zero-order valence-electron chi connectivity index (χ0n) is 11.2. The van der Waals surface area contributed by atoms with Crippen LogP contribution in [0.3, 0.4) is 0 Å². The molecule has 2 aromatic heterocycles. The minimum absolute atomic E-state index is 0.707. The molecule has 0 amide bonds. The molecule has 1 saturated carbocycles. The monoisotopic (exact) mass is 273 g/mol. The summed E-state index contributed by atoms with van der Waals surface area (Å²) in [6.07, 6.45) is 4.52. The lowest BCUT2D eigenvalue weighted by Crippen LogP contribution is -2.24. The molecule has 0 aliphatic heterocycles. The maximum absolute atomic E-state index is 4.35. The molecule has 0 aromatic carbocycles. The van der Waals surface area contributed by atoms with E-state index in [9.17, 15) is 0 Å². The zero-order valence-corrected chi connectivity index (χ0v) is 12.0. The molecule has 3 rings (SSSR count). The maximum atomic E-state index is 4.35. The van der Waals surface area contributed by atoms with Crippen molar-refractivity contribution in [2.75, 3.05) is 16.8 Å². The fourth-order valence-corrected chi connectivity index (χ4v) is 2.97. The molecule has 1 aliphatic carbocycles. The van der Waals surface area contributed by atoms with Crippen LogP contribution in [-0.4, -0.2) is 17.6 Å². The van der Waals surface area contributed by atoms with Gasteiger partial charge in [0.05, 0.1) is 6.54 Å². The van der Waals surface area contributed by atoms with E-state index in [1.165, 1.54) is 23.4 Å². The quantitative estimate of drug-likeness (QED) is 0.869. The normalized spacial score (nSPS) is 14.4. The van der Waals surface area contributed by atoms with Gasteiger partial charge in [-0.3, -0.25) is 0 Å². The van der Waals surface area contributed by atoms with Crippen LogP contribution in [0, 0.1) is 0 Å². The molecule has 2 heterocycles. The summed E-state index contributed by atoms with van der Waals surface area (Å²) >= 11 is 1.83. The van der Waals surface area contributed by atoms with Crippen molar-refractivity contribution in [3.8, 4) is 0 Å². The molecule has 1 N–H and O–H groups in total. The largest absolute Gasteiger partial charge is 0.370 e. The third kappa shape index (κ3) is 3.07. The minimum atomic E-state index is 0.707. The van der Waals surface area contributed by atoms with Gasteiger partial charge in [-0.2, -0.15) is 0 Å². The summed E-state index contributed by atoms with van der Waals surface area (Å²) in [5.74, 6) is 0.969. The van der Waals surface area contributed by atoms with E-state index in [1.54, 1.807) is 0 Å². The zero-order chi connectivity index (χ0) is 13.1. The van der Waals surface area contributed by atoms with Crippen molar-refractivity contribution in [2.45, 2.75) is 32.4 Å². The lowest BCUT2D eigenvalue weighted by atomic mass is 10.3. The predicted octanol–water partition coefficient (Wildman–Crippen LogP) is 3.74. The van der Waals surface area contributed by atoms with Crippen molar-refractivity contribution in [1.29, 1.82) is 0 Å². The molecular weight excluding hydrogens is 254 g/mol. The number of thiophene rings is 1. The third-order valence-corrected chi connectivity index (χ3v) is 4.19. The number of pyridine rings is 1. The maximum Gasteiger partial charge on any atom is 0.127 e. The molecule has 1 aliphatic rings. The van der Waals surface area contributed by atoms with E-state index >= 15 is 0 Å². The van der Waals surface area contributed by atoms with Crippen LogP contribution in [0.15, 0.2) is 35.8 Å². The number of nitrogens with zero attached hydrogens (tertiary/aromatic N) is 2. The van der Waals surface area contributed by atoms with E-state index in [4.69, 9.17) is 0 Å². The minimum Gasteiger partial charge on any atom is -0.370 e. The first kappa shape index (κ1) is 12.5. The topological polar surface area (TPSA) is 28.2 Å². The van der Waals surface area contributed by atoms with Crippen molar-refractivity contribution in [2.24, 2.45) is 0 Å². The van der Waals surface area contributed by atoms with Crippen LogP contribution in [0.2, 0.25) is 0 Å². The summed E-state index contributed by atoms with van der Waals surface area (Å²) < 4.78 is 0. The Balaban J connectivity index is 1.81. The van der Waals surface area contributed by atoms with Gasteiger partial charge >= 0.3 is 0 Å². The summed E-state index contributed by atoms with van der Waals surface area (Å²) in [5, 5.41) is 5.44. The van der Waals surface area contributed by atoms with Crippen LogP contribution >= 0.6 is 11.3 Å². The predicted molar refractivity (Wildman–Crippen MR) is 81.9 cm³/mol. The van der Waals surface area contributed by atoms with Gasteiger partial charge in [0.1, 0.15) is 5.82 Å². The van der Waals surface area contributed by atoms with Crippen molar-refractivity contribution >= 4 is 22.8 Å². The highest BCUT2D eigenvalue weighted by atomic mass is 32.1. The van der Waals surface area contributed by atoms with E-state index in [-0.39, 0.29) is 0 Å². The lowest BCUT2D eigenvalue weighted by Gasteiger charge is -2.24. The number of aromatic nitrogens is 1. The molecule has 1 fully saturated rings. The van der Waals surface area contributed by atoms with Gasteiger partial charge in [0.2, 0.25) is 0 Å². The number of anilines is 2. The Labute approximate surface area is 118 Å². The molecule has 0 atom stereocenters. The fourth-order valence-electron chi connectivity index (χ4n) is 2.26. The average molecular weight is 273 g/mol. The number of hydrogen-bond donors (Lipinski definition) is 1. The summed E-state index contributed by atoms with van der Waals surface area (Å²) in [6.45, 7) is 4.02. The van der Waals surface area contributed by atoms with Gasteiger partial charge in [0.25, 0.3) is 0 Å². The molecule has 4 heteroatoms. The van der Waals surface area contributed by atoms with Gasteiger partial charge in [0, 0.05) is 35.4 Å². The van der Waals surface area contributed by atoms with E-state index in [2.05, 4.69) is 51.8 Å². The molecule has 0 saturated heterocycles. The second-order valence-electron chi connectivity index (χ2n) is 4.87. The number of rotatable bonds is 6. The first-order chi connectivity index (χ1) is 9.36. The van der Waals surface area contributed by atoms with Crippen LogP contribution in [0.1, 0.15) is 24.6 Å². The first-order valence-electron chi connectivity index (χ1n) is 6.86. The van der Waals surface area contributed by atoms with Crippen LogP contribution < -0.4 is 10.2 Å². The van der Waals surface area contributed by atoms with Crippen LogP contribution in [-0.2, 0) is 6.54 Å². The van der Waals surface area contributed by atoms with Crippen LogP contribution in [0.5, 0.6) is 0 Å². The van der Waals surface area contributed by atoms with Gasteiger partial charge in [0.15, 0.2) is 0 Å². The molecule has 19 heavy (non-hydrogen) atoms. The Morgan fingerprint density at radius 1 is 1.42 bits per heavy atom. The molecule has 0 bridgehead atoms. The van der Waals surface area contributed by atoms with E-state index < -0.39 is 0 Å². The average Bonchev–Trinajstić information content (AvgIpc) is 3.14. The Bertz CT molecular complexity index is 520. The van der Waals surface area contributed by atoms with Crippen molar-refractivity contribution in [1.82, 2.24) is 4.98 Å². The number of hydrogen-bond acceptors (Lipinski definition) is 4. The lowest BCUT2D eigenvalue weighted by molar-refractivity contribution is 0.802. The Hall–Kier alpha value is -1.55. The highest BCUT2D eigenvalue weighted by Crippen LogP contribution is 2.34. The number of nitrogens with one attached hydrogen (secondary N) is 1. The Morgan fingerprint density at radius 3 is 3.00 bits per heavy atom. The second kappa shape index (κ2) is 5.61. The molecule has 100 valence electrons. The second-order valence-corrected chi connectivity index (χ2v) is 5.90. The van der Waals surface area contributed by atoms with Crippen LogP contribution in [0.25, 0.3) is 0 Å². The van der Waals surface area contributed by atoms with Crippen molar-refractivity contribution < 1.29 is 0 Å². The van der Waals surface area contributed by atoms with Gasteiger partial charge in [-0.25, -0.2) is 4.98 Å². The molecule has 0 unspecified atom stereocenters. The van der Waals surface area contributed by atoms with Gasteiger partial charge in [-0.15, -0.1) is 11.3 Å². The summed E-state index contributed by atoms with van der Waals surface area (Å²) in [6, 6.07) is 9.33. The van der Waals surface area contributed by atoms with Crippen molar-refractivity contribution in [3.05, 3.63) is 40.7 Å². The van der Waals surface area contributed by atoms with E-state index in [0.29, 0.717) is 6.04 Å². The summed E-state index contributed by atoms with van der Waals surface area (Å²) in [5.41, 5.74) is 1.28. The third-order valence-electron chi connectivity index (χ3n) is 3.33. The van der Waals surface area contributed by atoms with Gasteiger partial charge in [-0.05, 0) is 37.3 Å². The molecule has 0 spiro atoms. The van der Waals surface area contributed by atoms with Gasteiger partial charge < -0.3 is 10.2 Å². The summed E-state index contributed by atoms with van der Waals surface area (Å²) in [4.78, 5) is 8.29. The Morgan fingerprint density at radius 2 is 2.32 bits per heavy atom.